The molecule has 0 amide bonds. The molecular formula is C24H25ClF2O4Ti. The summed E-state index contributed by atoms with van der Waals surface area (Å²) in [4.78, 5) is 20.4. The van der Waals surface area contributed by atoms with Gasteiger partial charge in [0.2, 0.25) is 0 Å². The van der Waals surface area contributed by atoms with E-state index in [0.29, 0.717) is 0 Å². The first kappa shape index (κ1) is 31.9. The number of halogens is 3. The normalized spacial score (nSPS) is 13.2. The fourth-order valence-electron chi connectivity index (χ4n) is 2.59. The van der Waals surface area contributed by atoms with E-state index in [2.05, 4.69) is 40.7 Å². The molecule has 3 rings (SSSR count). The molecule has 170 valence electrons. The van der Waals surface area contributed by atoms with Gasteiger partial charge in [-0.2, -0.15) is 11.1 Å². The average molecular weight is 499 g/mol. The molecule has 0 saturated heterocycles. The van der Waals surface area contributed by atoms with Crippen LogP contribution in [0.15, 0.2) is 65.3 Å². The van der Waals surface area contributed by atoms with Crippen molar-refractivity contribution in [3.8, 4) is 0 Å². The number of rotatable bonds is 2. The number of benzene rings is 2. The standard InChI is InChI=1S/C10H15.2C7H5FO2.ClH.Ti/c1-7-6-10(4,5)9(3)8(7)2;2*8-6-3-1-5(2-4-6)7(9)10;;/h1-5H3;2*1-4H,(H,9,10);1H;/q-1;;;;+2/p-1. The average Bonchev–Trinajstić information content (AvgIpc) is 2.85. The largest absolute Gasteiger partial charge is 2.00 e. The molecule has 8 heteroatoms. The van der Waals surface area contributed by atoms with Gasteiger partial charge in [-0.05, 0) is 48.5 Å². The van der Waals surface area contributed by atoms with E-state index in [1.54, 1.807) is 0 Å². The third kappa shape index (κ3) is 9.90. The van der Waals surface area contributed by atoms with Crippen molar-refractivity contribution in [1.29, 1.82) is 0 Å². The Morgan fingerprint density at radius 1 is 0.781 bits per heavy atom. The van der Waals surface area contributed by atoms with Crippen LogP contribution in [0.3, 0.4) is 0 Å². The van der Waals surface area contributed by atoms with Gasteiger partial charge in [-0.25, -0.2) is 23.9 Å². The summed E-state index contributed by atoms with van der Waals surface area (Å²) in [6, 6.07) is 9.34. The van der Waals surface area contributed by atoms with E-state index < -0.39 is 23.6 Å². The van der Waals surface area contributed by atoms with E-state index in [4.69, 9.17) is 10.2 Å². The molecule has 0 heterocycles. The number of hydrogen-bond acceptors (Lipinski definition) is 2. The fourth-order valence-corrected chi connectivity index (χ4v) is 2.59. The Labute approximate surface area is 208 Å². The smallest absolute Gasteiger partial charge is 1.00 e. The molecular weight excluding hydrogens is 474 g/mol. The van der Waals surface area contributed by atoms with Crippen molar-refractivity contribution in [3.63, 3.8) is 0 Å². The van der Waals surface area contributed by atoms with Crippen LogP contribution in [0.5, 0.6) is 0 Å². The van der Waals surface area contributed by atoms with Gasteiger partial charge in [0.15, 0.2) is 0 Å². The fraction of sp³-hybridized carbons (Fsp3) is 0.250. The number of carbonyl (C=O) groups is 2. The molecule has 2 aromatic rings. The van der Waals surface area contributed by atoms with Gasteiger partial charge >= 0.3 is 33.7 Å². The zero-order chi connectivity index (χ0) is 23.1. The Balaban J connectivity index is 0. The first-order valence-electron chi connectivity index (χ1n) is 9.13. The van der Waals surface area contributed by atoms with Gasteiger partial charge in [0.1, 0.15) is 11.6 Å². The molecule has 2 aromatic carbocycles. The summed E-state index contributed by atoms with van der Waals surface area (Å²) < 4.78 is 24.3. The molecule has 2 N–H and O–H groups in total. The van der Waals surface area contributed by atoms with Crippen LogP contribution >= 0.6 is 0 Å². The monoisotopic (exact) mass is 498 g/mol. The van der Waals surface area contributed by atoms with Gasteiger partial charge in [0, 0.05) is 0 Å². The number of hydrogen-bond donors (Lipinski definition) is 2. The van der Waals surface area contributed by atoms with Crippen LogP contribution in [0.1, 0.15) is 55.3 Å². The molecule has 0 unspecified atom stereocenters. The molecule has 0 radical (unpaired) electrons. The Bertz CT molecular complexity index is 911. The first-order chi connectivity index (χ1) is 13.8. The number of carboxylic acids is 2. The Hall–Kier alpha value is -2.28. The second-order valence-corrected chi connectivity index (χ2v) is 7.25. The van der Waals surface area contributed by atoms with Crippen LogP contribution in [-0.4, -0.2) is 22.2 Å². The van der Waals surface area contributed by atoms with Crippen LogP contribution in [-0.2, 0) is 21.7 Å². The maximum Gasteiger partial charge on any atom is 2.00 e. The summed E-state index contributed by atoms with van der Waals surface area (Å²) in [5.41, 5.74) is 4.59. The van der Waals surface area contributed by atoms with Crippen LogP contribution in [0.25, 0.3) is 0 Å². The zero-order valence-corrected chi connectivity index (χ0v) is 20.8. The van der Waals surface area contributed by atoms with Crippen molar-refractivity contribution in [1.82, 2.24) is 0 Å². The SMILES string of the molecule is CC1=[C-]C(C)(C)C(C)=C1C.O=C(O)c1ccc(F)cc1.O=C(O)c1ccc(F)cc1.[Cl-].[Ti+2]. The second kappa shape index (κ2) is 14.0. The van der Waals surface area contributed by atoms with Crippen LogP contribution < -0.4 is 12.4 Å². The Morgan fingerprint density at radius 3 is 1.25 bits per heavy atom. The molecule has 32 heavy (non-hydrogen) atoms. The van der Waals surface area contributed by atoms with Gasteiger partial charge in [0.05, 0.1) is 11.1 Å². The molecule has 0 bridgehead atoms. The molecule has 0 saturated carbocycles. The summed E-state index contributed by atoms with van der Waals surface area (Å²) >= 11 is 0. The minimum atomic E-state index is -1.04. The van der Waals surface area contributed by atoms with Gasteiger partial charge < -0.3 is 22.6 Å². The minimum absolute atomic E-state index is 0. The molecule has 0 aromatic heterocycles. The molecule has 0 fully saturated rings. The topological polar surface area (TPSA) is 74.6 Å². The summed E-state index contributed by atoms with van der Waals surface area (Å²) in [5.74, 6) is -2.94. The molecule has 4 nitrogen and oxygen atoms in total. The number of aromatic carboxylic acids is 2. The van der Waals surface area contributed by atoms with Crippen LogP contribution in [0.4, 0.5) is 8.78 Å². The van der Waals surface area contributed by atoms with Crippen molar-refractivity contribution in [2.24, 2.45) is 5.41 Å². The maximum absolute atomic E-state index is 12.2. The Morgan fingerprint density at radius 2 is 1.09 bits per heavy atom. The third-order valence-electron chi connectivity index (χ3n) is 4.74. The zero-order valence-electron chi connectivity index (χ0n) is 18.5. The van der Waals surface area contributed by atoms with Gasteiger partial charge in [0.25, 0.3) is 0 Å². The molecule has 0 spiro atoms. The van der Waals surface area contributed by atoms with E-state index in [9.17, 15) is 18.4 Å². The van der Waals surface area contributed by atoms with Crippen molar-refractivity contribution in [2.75, 3.05) is 0 Å². The summed E-state index contributed by atoms with van der Waals surface area (Å²) in [6.07, 6.45) is 3.44. The summed E-state index contributed by atoms with van der Waals surface area (Å²) in [6.45, 7) is 10.9. The van der Waals surface area contributed by atoms with E-state index in [1.165, 1.54) is 41.0 Å². The van der Waals surface area contributed by atoms with Crippen LogP contribution in [0.2, 0.25) is 0 Å². The van der Waals surface area contributed by atoms with Crippen molar-refractivity contribution in [3.05, 3.63) is 94.1 Å². The molecule has 1 aliphatic carbocycles. The van der Waals surface area contributed by atoms with Crippen molar-refractivity contribution in [2.45, 2.75) is 34.6 Å². The predicted octanol–water partition coefficient (Wildman–Crippen LogP) is 3.16. The van der Waals surface area contributed by atoms with E-state index in [1.807, 2.05) is 0 Å². The summed E-state index contributed by atoms with van der Waals surface area (Å²) in [5, 5.41) is 16.7. The second-order valence-electron chi connectivity index (χ2n) is 7.25. The third-order valence-corrected chi connectivity index (χ3v) is 4.74. The maximum atomic E-state index is 12.2. The van der Waals surface area contributed by atoms with Crippen molar-refractivity contribution < 1.29 is 62.7 Å². The summed E-state index contributed by atoms with van der Waals surface area (Å²) in [7, 11) is 0. The van der Waals surface area contributed by atoms with Gasteiger partial charge in [-0.3, -0.25) is 6.08 Å². The molecule has 0 aliphatic heterocycles. The van der Waals surface area contributed by atoms with Gasteiger partial charge in [-0.15, -0.1) is 6.92 Å². The number of carboxylic acid groups (broad SMARTS) is 2. The minimum Gasteiger partial charge on any atom is -1.00 e. The Kier molecular flexibility index (Phi) is 14.0. The van der Waals surface area contributed by atoms with Gasteiger partial charge in [-0.1, -0.05) is 33.1 Å². The number of allylic oxidation sites excluding steroid dienone is 4. The predicted molar refractivity (Wildman–Crippen MR) is 111 cm³/mol. The van der Waals surface area contributed by atoms with E-state index in [-0.39, 0.29) is 50.7 Å². The van der Waals surface area contributed by atoms with E-state index >= 15 is 0 Å². The van der Waals surface area contributed by atoms with E-state index in [0.717, 1.165) is 24.3 Å². The van der Waals surface area contributed by atoms with Crippen molar-refractivity contribution >= 4 is 11.9 Å². The molecule has 0 atom stereocenters. The molecule has 1 aliphatic rings. The first-order valence-corrected chi connectivity index (χ1v) is 9.13. The van der Waals surface area contributed by atoms with Crippen LogP contribution in [0, 0.1) is 23.1 Å². The quantitative estimate of drug-likeness (QED) is 0.493.